The monoisotopic (exact) mass is 196 g/mol. The third-order valence-electron chi connectivity index (χ3n) is 3.51. The zero-order valence-corrected chi connectivity index (χ0v) is 8.91. The number of hydrogen-bond donors (Lipinski definition) is 1. The molecule has 0 aromatic rings. The minimum atomic E-state index is -0.227. The average molecular weight is 196 g/mol. The number of nitrogens with zero attached hydrogens (tertiary/aromatic N) is 1. The first-order chi connectivity index (χ1) is 6.68. The second-order valence-corrected chi connectivity index (χ2v) is 4.85. The van der Waals surface area contributed by atoms with Crippen LogP contribution in [-0.4, -0.2) is 29.9 Å². The van der Waals surface area contributed by atoms with Crippen molar-refractivity contribution in [1.29, 1.82) is 0 Å². The van der Waals surface area contributed by atoms with E-state index in [1.807, 2.05) is 4.90 Å². The van der Waals surface area contributed by atoms with Crippen LogP contribution in [0.5, 0.6) is 0 Å². The third kappa shape index (κ3) is 2.08. The number of rotatable bonds is 3. The average Bonchev–Trinajstić information content (AvgIpc) is 2.95. The maximum absolute atomic E-state index is 11.7. The van der Waals surface area contributed by atoms with Gasteiger partial charge in [0.25, 0.3) is 0 Å². The number of hydrogen-bond acceptors (Lipinski definition) is 2. The summed E-state index contributed by atoms with van der Waals surface area (Å²) >= 11 is 0. The van der Waals surface area contributed by atoms with Gasteiger partial charge in [-0.2, -0.15) is 0 Å². The van der Waals surface area contributed by atoms with Gasteiger partial charge in [-0.25, -0.2) is 0 Å². The van der Waals surface area contributed by atoms with Crippen molar-refractivity contribution < 1.29 is 4.79 Å². The molecule has 0 bridgehead atoms. The predicted octanol–water partition coefficient (Wildman–Crippen LogP) is 0.982. The molecular formula is C11H20N2O. The summed E-state index contributed by atoms with van der Waals surface area (Å²) in [7, 11) is 0. The molecule has 1 saturated carbocycles. The maximum Gasteiger partial charge on any atom is 0.239 e. The van der Waals surface area contributed by atoms with Crippen molar-refractivity contribution in [1.82, 2.24) is 4.90 Å². The standard InChI is InChI=1S/C11H20N2O/c1-8(9-4-5-9)7-13-6-2-3-10(12)11(13)14/h8-10H,2-7,12H2,1H3. The van der Waals surface area contributed by atoms with Gasteiger partial charge in [0.05, 0.1) is 6.04 Å². The van der Waals surface area contributed by atoms with E-state index in [0.29, 0.717) is 5.92 Å². The molecule has 0 aromatic carbocycles. The van der Waals surface area contributed by atoms with Gasteiger partial charge < -0.3 is 10.6 Å². The van der Waals surface area contributed by atoms with E-state index in [0.717, 1.165) is 31.8 Å². The van der Waals surface area contributed by atoms with E-state index < -0.39 is 0 Å². The molecule has 1 saturated heterocycles. The van der Waals surface area contributed by atoms with Crippen LogP contribution in [0, 0.1) is 11.8 Å². The van der Waals surface area contributed by atoms with Crippen molar-refractivity contribution in [3.8, 4) is 0 Å². The van der Waals surface area contributed by atoms with Crippen molar-refractivity contribution in [2.24, 2.45) is 17.6 Å². The number of piperidine rings is 1. The highest BCUT2D eigenvalue weighted by atomic mass is 16.2. The van der Waals surface area contributed by atoms with Crippen LogP contribution < -0.4 is 5.73 Å². The smallest absolute Gasteiger partial charge is 0.239 e. The molecule has 3 heteroatoms. The van der Waals surface area contributed by atoms with E-state index in [2.05, 4.69) is 6.92 Å². The molecule has 1 amide bonds. The second kappa shape index (κ2) is 3.89. The Bertz CT molecular complexity index is 225. The molecule has 80 valence electrons. The highest BCUT2D eigenvalue weighted by Crippen LogP contribution is 2.37. The molecule has 3 nitrogen and oxygen atoms in total. The van der Waals surface area contributed by atoms with E-state index in [9.17, 15) is 4.79 Å². The van der Waals surface area contributed by atoms with Crippen LogP contribution in [0.1, 0.15) is 32.6 Å². The second-order valence-electron chi connectivity index (χ2n) is 4.85. The third-order valence-corrected chi connectivity index (χ3v) is 3.51. The van der Waals surface area contributed by atoms with Crippen molar-refractivity contribution >= 4 is 5.91 Å². The topological polar surface area (TPSA) is 46.3 Å². The van der Waals surface area contributed by atoms with Gasteiger partial charge in [0.1, 0.15) is 0 Å². The summed E-state index contributed by atoms with van der Waals surface area (Å²) in [6.07, 6.45) is 4.65. The fourth-order valence-electron chi connectivity index (χ4n) is 2.31. The number of carbonyl (C=O) groups is 1. The predicted molar refractivity (Wildman–Crippen MR) is 55.7 cm³/mol. The van der Waals surface area contributed by atoms with Gasteiger partial charge in [-0.05, 0) is 37.5 Å². The molecule has 14 heavy (non-hydrogen) atoms. The normalized spacial score (nSPS) is 30.6. The van der Waals surface area contributed by atoms with E-state index in [1.165, 1.54) is 12.8 Å². The Morgan fingerprint density at radius 1 is 1.50 bits per heavy atom. The van der Waals surface area contributed by atoms with E-state index in [4.69, 9.17) is 5.73 Å². The van der Waals surface area contributed by atoms with Gasteiger partial charge in [0.15, 0.2) is 0 Å². The van der Waals surface area contributed by atoms with Gasteiger partial charge in [-0.15, -0.1) is 0 Å². The molecule has 2 unspecified atom stereocenters. The summed E-state index contributed by atoms with van der Waals surface area (Å²) in [5.41, 5.74) is 5.74. The van der Waals surface area contributed by atoms with Crippen LogP contribution in [0.3, 0.4) is 0 Å². The van der Waals surface area contributed by atoms with Crippen molar-refractivity contribution in [2.45, 2.75) is 38.6 Å². The molecule has 2 rings (SSSR count). The molecular weight excluding hydrogens is 176 g/mol. The zero-order chi connectivity index (χ0) is 10.1. The summed E-state index contributed by atoms with van der Waals surface area (Å²) in [5.74, 6) is 1.72. The Kier molecular flexibility index (Phi) is 2.77. The van der Waals surface area contributed by atoms with Gasteiger partial charge in [-0.1, -0.05) is 6.92 Å². The number of nitrogens with two attached hydrogens (primary N) is 1. The first-order valence-electron chi connectivity index (χ1n) is 5.73. The van der Waals surface area contributed by atoms with Gasteiger partial charge in [-0.3, -0.25) is 4.79 Å². The molecule has 0 radical (unpaired) electrons. The Morgan fingerprint density at radius 3 is 2.86 bits per heavy atom. The van der Waals surface area contributed by atoms with Crippen LogP contribution in [0.15, 0.2) is 0 Å². The van der Waals surface area contributed by atoms with Crippen LogP contribution in [0.2, 0.25) is 0 Å². The molecule has 2 aliphatic rings. The maximum atomic E-state index is 11.7. The first kappa shape index (κ1) is 9.97. The van der Waals surface area contributed by atoms with Crippen molar-refractivity contribution in [2.75, 3.05) is 13.1 Å². The number of amides is 1. The lowest BCUT2D eigenvalue weighted by Gasteiger charge is -2.32. The summed E-state index contributed by atoms with van der Waals surface area (Å²) in [4.78, 5) is 13.7. The lowest BCUT2D eigenvalue weighted by molar-refractivity contribution is -0.135. The molecule has 1 aliphatic heterocycles. The molecule has 0 spiro atoms. The minimum absolute atomic E-state index is 0.170. The number of carbonyl (C=O) groups excluding carboxylic acids is 1. The van der Waals surface area contributed by atoms with Crippen LogP contribution in [-0.2, 0) is 4.79 Å². The van der Waals surface area contributed by atoms with Crippen molar-refractivity contribution in [3.05, 3.63) is 0 Å². The first-order valence-corrected chi connectivity index (χ1v) is 5.73. The molecule has 1 heterocycles. The number of likely N-dealkylation sites (tertiary alicyclic amines) is 1. The largest absolute Gasteiger partial charge is 0.341 e. The van der Waals surface area contributed by atoms with E-state index >= 15 is 0 Å². The van der Waals surface area contributed by atoms with Gasteiger partial charge >= 0.3 is 0 Å². The fourth-order valence-corrected chi connectivity index (χ4v) is 2.31. The Hall–Kier alpha value is -0.570. The molecule has 2 atom stereocenters. The van der Waals surface area contributed by atoms with E-state index in [-0.39, 0.29) is 11.9 Å². The Labute approximate surface area is 85.6 Å². The quantitative estimate of drug-likeness (QED) is 0.731. The SMILES string of the molecule is CC(CN1CCCC(N)C1=O)C1CC1. The van der Waals surface area contributed by atoms with E-state index in [1.54, 1.807) is 0 Å². The Morgan fingerprint density at radius 2 is 2.21 bits per heavy atom. The summed E-state index contributed by atoms with van der Waals surface area (Å²) in [6, 6.07) is -0.227. The molecule has 2 N–H and O–H groups in total. The van der Waals surface area contributed by atoms with Crippen LogP contribution >= 0.6 is 0 Å². The zero-order valence-electron chi connectivity index (χ0n) is 8.91. The lowest BCUT2D eigenvalue weighted by atomic mass is 10.0. The summed E-state index contributed by atoms with van der Waals surface area (Å²) < 4.78 is 0. The van der Waals surface area contributed by atoms with Gasteiger partial charge in [0.2, 0.25) is 5.91 Å². The summed E-state index contributed by atoms with van der Waals surface area (Å²) in [5, 5.41) is 0. The summed E-state index contributed by atoms with van der Waals surface area (Å²) in [6.45, 7) is 4.10. The van der Waals surface area contributed by atoms with Gasteiger partial charge in [0, 0.05) is 13.1 Å². The van der Waals surface area contributed by atoms with Crippen LogP contribution in [0.25, 0.3) is 0 Å². The molecule has 2 fully saturated rings. The highest BCUT2D eigenvalue weighted by Gasteiger charge is 2.32. The van der Waals surface area contributed by atoms with Crippen molar-refractivity contribution in [3.63, 3.8) is 0 Å². The highest BCUT2D eigenvalue weighted by molar-refractivity contribution is 5.82. The molecule has 0 aromatic heterocycles. The fraction of sp³-hybridized carbons (Fsp3) is 0.909. The lowest BCUT2D eigenvalue weighted by Crippen LogP contribution is -2.49. The molecule has 1 aliphatic carbocycles. The minimum Gasteiger partial charge on any atom is -0.341 e. The van der Waals surface area contributed by atoms with Crippen LogP contribution in [0.4, 0.5) is 0 Å². The Balaban J connectivity index is 1.86.